The molecule has 0 bridgehead atoms. The summed E-state index contributed by atoms with van der Waals surface area (Å²) in [6, 6.07) is 7.21. The van der Waals surface area contributed by atoms with Crippen molar-refractivity contribution in [2.75, 3.05) is 9.44 Å². The molecule has 0 saturated heterocycles. The standard InChI is InChI=1S/C15H11Cl2N3O5S3/c16-9-7-12(17)14(21)13(8-9)28(24,25)19-10-1-3-11(4-2-10)27(22,23)20-15-18-5-6-26-15/h1-8,19,21H,(H,18,20). The topological polar surface area (TPSA) is 125 Å². The van der Waals surface area contributed by atoms with Crippen LogP contribution in [-0.2, 0) is 20.0 Å². The van der Waals surface area contributed by atoms with Crippen molar-refractivity contribution in [2.24, 2.45) is 0 Å². The summed E-state index contributed by atoms with van der Waals surface area (Å²) in [7, 11) is -8.09. The molecule has 0 radical (unpaired) electrons. The minimum absolute atomic E-state index is 0.0258. The van der Waals surface area contributed by atoms with Gasteiger partial charge in [-0.25, -0.2) is 21.8 Å². The molecule has 1 heterocycles. The molecule has 2 aromatic carbocycles. The van der Waals surface area contributed by atoms with Crippen LogP contribution in [0.25, 0.3) is 0 Å². The Labute approximate surface area is 174 Å². The Kier molecular flexibility index (Phi) is 5.73. The van der Waals surface area contributed by atoms with Gasteiger partial charge in [0.05, 0.1) is 9.92 Å². The number of sulfonamides is 2. The van der Waals surface area contributed by atoms with E-state index in [-0.39, 0.29) is 25.8 Å². The van der Waals surface area contributed by atoms with E-state index >= 15 is 0 Å². The molecule has 0 atom stereocenters. The lowest BCUT2D eigenvalue weighted by molar-refractivity contribution is 0.459. The maximum absolute atomic E-state index is 12.5. The molecule has 13 heteroatoms. The van der Waals surface area contributed by atoms with Crippen LogP contribution in [0.15, 0.2) is 57.8 Å². The number of aromatic nitrogens is 1. The molecule has 3 N–H and O–H groups in total. The van der Waals surface area contributed by atoms with Crippen LogP contribution in [0, 0.1) is 0 Å². The highest BCUT2D eigenvalue weighted by molar-refractivity contribution is 7.93. The van der Waals surface area contributed by atoms with Gasteiger partial charge in [0.25, 0.3) is 20.0 Å². The minimum atomic E-state index is -4.22. The molecule has 0 aliphatic rings. The first-order valence-corrected chi connectivity index (χ1v) is 11.9. The van der Waals surface area contributed by atoms with Crippen molar-refractivity contribution >= 4 is 65.4 Å². The predicted octanol–water partition coefficient (Wildman–Crippen LogP) is 3.76. The third-order valence-corrected chi connectivity index (χ3v) is 7.43. The highest BCUT2D eigenvalue weighted by Gasteiger charge is 2.22. The number of rotatable bonds is 6. The zero-order valence-electron chi connectivity index (χ0n) is 13.6. The van der Waals surface area contributed by atoms with E-state index in [9.17, 15) is 21.9 Å². The van der Waals surface area contributed by atoms with Crippen LogP contribution in [0.5, 0.6) is 5.75 Å². The molecule has 0 unspecified atom stereocenters. The van der Waals surface area contributed by atoms with Gasteiger partial charge in [0, 0.05) is 22.3 Å². The monoisotopic (exact) mass is 479 g/mol. The number of nitrogens with one attached hydrogen (secondary N) is 2. The SMILES string of the molecule is O=S(=O)(Nc1nccs1)c1ccc(NS(=O)(=O)c2cc(Cl)cc(Cl)c2O)cc1. The molecule has 8 nitrogen and oxygen atoms in total. The Morgan fingerprint density at radius 1 is 0.964 bits per heavy atom. The van der Waals surface area contributed by atoms with Gasteiger partial charge >= 0.3 is 0 Å². The van der Waals surface area contributed by atoms with E-state index in [1.165, 1.54) is 36.5 Å². The maximum atomic E-state index is 12.5. The molecule has 148 valence electrons. The molecule has 0 aliphatic carbocycles. The fourth-order valence-corrected chi connectivity index (χ4v) is 5.71. The van der Waals surface area contributed by atoms with E-state index in [1.807, 2.05) is 0 Å². The highest BCUT2D eigenvalue weighted by Crippen LogP contribution is 2.35. The van der Waals surface area contributed by atoms with E-state index < -0.39 is 30.7 Å². The summed E-state index contributed by atoms with van der Waals surface area (Å²) in [6.45, 7) is 0. The molecule has 0 aliphatic heterocycles. The first-order chi connectivity index (χ1) is 13.1. The van der Waals surface area contributed by atoms with Crippen molar-refractivity contribution in [3.8, 4) is 5.75 Å². The van der Waals surface area contributed by atoms with Gasteiger partial charge in [0.2, 0.25) is 0 Å². The van der Waals surface area contributed by atoms with Crippen LogP contribution >= 0.6 is 34.5 Å². The van der Waals surface area contributed by atoms with Gasteiger partial charge in [-0.2, -0.15) is 0 Å². The number of anilines is 2. The zero-order valence-corrected chi connectivity index (χ0v) is 17.6. The summed E-state index contributed by atoms with van der Waals surface area (Å²) in [5.74, 6) is -0.648. The minimum Gasteiger partial charge on any atom is -0.505 e. The summed E-state index contributed by atoms with van der Waals surface area (Å²) in [5.41, 5.74) is 0.0729. The number of hydrogen-bond donors (Lipinski definition) is 3. The quantitative estimate of drug-likeness (QED) is 0.494. The lowest BCUT2D eigenvalue weighted by Gasteiger charge is -2.11. The van der Waals surface area contributed by atoms with Crippen molar-refractivity contribution in [3.63, 3.8) is 0 Å². The van der Waals surface area contributed by atoms with Gasteiger partial charge in [-0.05, 0) is 36.4 Å². The van der Waals surface area contributed by atoms with Crippen LogP contribution in [0.1, 0.15) is 0 Å². The molecule has 0 spiro atoms. The molecule has 3 rings (SSSR count). The van der Waals surface area contributed by atoms with Gasteiger partial charge in [0.15, 0.2) is 10.9 Å². The molecular formula is C15H11Cl2N3O5S3. The van der Waals surface area contributed by atoms with Crippen LogP contribution in [0.4, 0.5) is 10.8 Å². The largest absolute Gasteiger partial charge is 0.505 e. The fraction of sp³-hybridized carbons (Fsp3) is 0. The van der Waals surface area contributed by atoms with Crippen molar-refractivity contribution in [2.45, 2.75) is 9.79 Å². The number of benzene rings is 2. The number of nitrogens with zero attached hydrogens (tertiary/aromatic N) is 1. The second kappa shape index (κ2) is 7.76. The number of halogens is 2. The molecule has 0 fully saturated rings. The Balaban J connectivity index is 1.84. The van der Waals surface area contributed by atoms with Crippen LogP contribution in [0.3, 0.4) is 0 Å². The number of hydrogen-bond acceptors (Lipinski definition) is 7. The van der Waals surface area contributed by atoms with Crippen molar-refractivity contribution < 1.29 is 21.9 Å². The highest BCUT2D eigenvalue weighted by atomic mass is 35.5. The van der Waals surface area contributed by atoms with Gasteiger partial charge in [-0.1, -0.05) is 23.2 Å². The first-order valence-electron chi connectivity index (χ1n) is 7.32. The Hall–Kier alpha value is -2.05. The van der Waals surface area contributed by atoms with E-state index in [4.69, 9.17) is 23.2 Å². The third-order valence-electron chi connectivity index (χ3n) is 3.35. The summed E-state index contributed by atoms with van der Waals surface area (Å²) < 4.78 is 54.1. The van der Waals surface area contributed by atoms with E-state index in [1.54, 1.807) is 5.38 Å². The number of phenolic OH excluding ortho intramolecular Hbond substituents is 1. The second-order valence-corrected chi connectivity index (χ2v) is 10.4. The van der Waals surface area contributed by atoms with Crippen molar-refractivity contribution in [3.05, 3.63) is 58.0 Å². The van der Waals surface area contributed by atoms with Crippen molar-refractivity contribution in [1.29, 1.82) is 0 Å². The van der Waals surface area contributed by atoms with Gasteiger partial charge in [0.1, 0.15) is 4.90 Å². The average Bonchev–Trinajstić information content (AvgIpc) is 3.10. The predicted molar refractivity (Wildman–Crippen MR) is 108 cm³/mol. The summed E-state index contributed by atoms with van der Waals surface area (Å²) in [5, 5.41) is 11.5. The summed E-state index contributed by atoms with van der Waals surface area (Å²) in [6.07, 6.45) is 1.46. The Morgan fingerprint density at radius 2 is 1.64 bits per heavy atom. The molecule has 3 aromatic rings. The fourth-order valence-electron chi connectivity index (χ4n) is 2.11. The van der Waals surface area contributed by atoms with E-state index in [0.29, 0.717) is 0 Å². The van der Waals surface area contributed by atoms with Gasteiger partial charge in [-0.15, -0.1) is 11.3 Å². The molecular weight excluding hydrogens is 469 g/mol. The lowest BCUT2D eigenvalue weighted by atomic mass is 10.3. The van der Waals surface area contributed by atoms with Crippen molar-refractivity contribution in [1.82, 2.24) is 4.98 Å². The molecule has 0 saturated carbocycles. The van der Waals surface area contributed by atoms with Crippen LogP contribution in [-0.4, -0.2) is 26.9 Å². The smallest absolute Gasteiger partial charge is 0.265 e. The number of thiazole rings is 1. The average molecular weight is 480 g/mol. The maximum Gasteiger partial charge on any atom is 0.265 e. The van der Waals surface area contributed by atoms with Crippen LogP contribution in [0.2, 0.25) is 10.0 Å². The zero-order chi connectivity index (χ0) is 20.5. The van der Waals surface area contributed by atoms with E-state index in [0.717, 1.165) is 17.4 Å². The molecule has 0 amide bonds. The lowest BCUT2D eigenvalue weighted by Crippen LogP contribution is -2.14. The van der Waals surface area contributed by atoms with Gasteiger partial charge < -0.3 is 5.11 Å². The van der Waals surface area contributed by atoms with E-state index in [2.05, 4.69) is 14.4 Å². The molecule has 1 aromatic heterocycles. The third kappa shape index (κ3) is 4.50. The summed E-state index contributed by atoms with van der Waals surface area (Å²) >= 11 is 12.7. The van der Waals surface area contributed by atoms with Gasteiger partial charge in [-0.3, -0.25) is 9.44 Å². The Morgan fingerprint density at radius 3 is 2.25 bits per heavy atom. The first kappa shape index (κ1) is 20.7. The number of phenols is 1. The number of aromatic hydroxyl groups is 1. The molecule has 28 heavy (non-hydrogen) atoms. The normalized spacial score (nSPS) is 11.9. The van der Waals surface area contributed by atoms with Crippen LogP contribution < -0.4 is 9.44 Å². The Bertz CT molecular complexity index is 1210. The summed E-state index contributed by atoms with van der Waals surface area (Å²) in [4.78, 5) is 3.25. The second-order valence-electron chi connectivity index (χ2n) is 5.31.